The summed E-state index contributed by atoms with van der Waals surface area (Å²) in [6.07, 6.45) is 0.130. The van der Waals surface area contributed by atoms with E-state index < -0.39 is 11.7 Å². The largest absolute Gasteiger partial charge is 0.354 e. The second-order valence-electron chi connectivity index (χ2n) is 7.46. The van der Waals surface area contributed by atoms with E-state index in [4.69, 9.17) is 0 Å². The van der Waals surface area contributed by atoms with Gasteiger partial charge >= 0.3 is 0 Å². The average Bonchev–Trinajstić information content (AvgIpc) is 3.42. The lowest BCUT2D eigenvalue weighted by Crippen LogP contribution is -2.35. The van der Waals surface area contributed by atoms with E-state index in [2.05, 4.69) is 21.9 Å². The molecule has 1 atom stereocenters. The van der Waals surface area contributed by atoms with Crippen LogP contribution in [0.1, 0.15) is 17.8 Å². The molecule has 30 heavy (non-hydrogen) atoms. The number of carbonyl (C=O) groups excluding carboxylic acids is 2. The summed E-state index contributed by atoms with van der Waals surface area (Å²) < 4.78 is 15.4. The van der Waals surface area contributed by atoms with Crippen LogP contribution in [0.4, 0.5) is 10.1 Å². The van der Waals surface area contributed by atoms with Gasteiger partial charge in [-0.1, -0.05) is 6.07 Å². The van der Waals surface area contributed by atoms with Gasteiger partial charge in [0.1, 0.15) is 5.82 Å². The van der Waals surface area contributed by atoms with Gasteiger partial charge in [-0.25, -0.2) is 4.39 Å². The van der Waals surface area contributed by atoms with Crippen molar-refractivity contribution in [1.29, 1.82) is 0 Å². The summed E-state index contributed by atoms with van der Waals surface area (Å²) in [4.78, 5) is 26.4. The van der Waals surface area contributed by atoms with Crippen molar-refractivity contribution < 1.29 is 14.0 Å². The zero-order chi connectivity index (χ0) is 21.3. The molecule has 156 valence electrons. The second kappa shape index (κ2) is 8.39. The Morgan fingerprint density at radius 3 is 2.90 bits per heavy atom. The molecule has 3 heterocycles. The molecular formula is C22H23FN4O2S. The highest BCUT2D eigenvalue weighted by molar-refractivity contribution is 7.08. The fourth-order valence-corrected chi connectivity index (χ4v) is 4.59. The predicted octanol–water partition coefficient (Wildman–Crippen LogP) is 3.54. The van der Waals surface area contributed by atoms with Gasteiger partial charge in [0.25, 0.3) is 0 Å². The van der Waals surface area contributed by atoms with E-state index in [1.807, 2.05) is 23.9 Å². The van der Waals surface area contributed by atoms with Crippen LogP contribution in [-0.4, -0.2) is 34.7 Å². The first-order chi connectivity index (χ1) is 14.4. The Kier molecular flexibility index (Phi) is 5.67. The molecule has 4 rings (SSSR count). The van der Waals surface area contributed by atoms with Crippen LogP contribution in [0, 0.1) is 25.6 Å². The Bertz CT molecular complexity index is 1080. The number of nitrogens with zero attached hydrogens (tertiary/aromatic N) is 3. The number of halogens is 1. The normalized spacial score (nSPS) is 16.3. The van der Waals surface area contributed by atoms with Crippen LogP contribution < -0.4 is 10.2 Å². The Hall–Kier alpha value is -3.00. The minimum absolute atomic E-state index is 0.130. The van der Waals surface area contributed by atoms with Crippen molar-refractivity contribution in [2.75, 3.05) is 18.0 Å². The van der Waals surface area contributed by atoms with Crippen LogP contribution in [0.2, 0.25) is 0 Å². The second-order valence-corrected chi connectivity index (χ2v) is 8.24. The Balaban J connectivity index is 1.35. The van der Waals surface area contributed by atoms with Crippen molar-refractivity contribution >= 4 is 28.8 Å². The highest BCUT2D eigenvalue weighted by Gasteiger charge is 2.35. The number of thiophene rings is 1. The topological polar surface area (TPSA) is 67.2 Å². The summed E-state index contributed by atoms with van der Waals surface area (Å²) in [5.41, 5.74) is 4.80. The van der Waals surface area contributed by atoms with Crippen LogP contribution in [0.3, 0.4) is 0 Å². The maximum absolute atomic E-state index is 13.5. The lowest BCUT2D eigenvalue weighted by molar-refractivity contribution is -0.126. The third-order valence-electron chi connectivity index (χ3n) is 5.43. The molecule has 1 N–H and O–H groups in total. The number of aromatic nitrogens is 2. The molecule has 1 aromatic carbocycles. The minimum Gasteiger partial charge on any atom is -0.354 e. The smallest absolute Gasteiger partial charge is 0.227 e. The van der Waals surface area contributed by atoms with E-state index in [1.165, 1.54) is 17.0 Å². The first-order valence-corrected chi connectivity index (χ1v) is 10.8. The van der Waals surface area contributed by atoms with Gasteiger partial charge in [-0.3, -0.25) is 14.3 Å². The molecule has 6 nitrogen and oxygen atoms in total. The van der Waals surface area contributed by atoms with Gasteiger partial charge in [-0.15, -0.1) is 0 Å². The van der Waals surface area contributed by atoms with Crippen molar-refractivity contribution in [3.05, 3.63) is 58.3 Å². The predicted molar refractivity (Wildman–Crippen MR) is 115 cm³/mol. The molecule has 0 spiro atoms. The Morgan fingerprint density at radius 2 is 2.17 bits per heavy atom. The molecule has 2 aromatic heterocycles. The average molecular weight is 427 g/mol. The fraction of sp³-hybridized carbons (Fsp3) is 0.318. The molecule has 2 amide bonds. The number of hydrogen-bond donors (Lipinski definition) is 1. The summed E-state index contributed by atoms with van der Waals surface area (Å²) in [6.45, 7) is 5.25. The first-order valence-electron chi connectivity index (χ1n) is 9.84. The van der Waals surface area contributed by atoms with Gasteiger partial charge in [0.15, 0.2) is 0 Å². The fourth-order valence-electron chi connectivity index (χ4n) is 3.95. The van der Waals surface area contributed by atoms with Crippen molar-refractivity contribution in [2.24, 2.45) is 5.92 Å². The standard InChI is InChI=1S/C22H23FN4O2S/c1-14-21(16-6-9-30-13-16)15(2)27(25-14)8-7-24-22(29)17-10-20(28)26(12-17)19-5-3-4-18(23)11-19/h3-6,9,11,13,17H,7-8,10,12H2,1-2H3,(H,24,29)/t17-/m1/s1. The van der Waals surface area contributed by atoms with Gasteiger partial charge in [-0.05, 0) is 54.4 Å². The quantitative estimate of drug-likeness (QED) is 0.656. The lowest BCUT2D eigenvalue weighted by atomic mass is 10.1. The number of hydrogen-bond acceptors (Lipinski definition) is 4. The van der Waals surface area contributed by atoms with Crippen LogP contribution in [0.5, 0.6) is 0 Å². The SMILES string of the molecule is Cc1nn(CCNC(=O)[C@@H]2CC(=O)N(c3cccc(F)c3)C2)c(C)c1-c1ccsc1. The lowest BCUT2D eigenvalue weighted by Gasteiger charge is -2.16. The van der Waals surface area contributed by atoms with Crippen molar-refractivity contribution in [3.63, 3.8) is 0 Å². The molecular weight excluding hydrogens is 403 g/mol. The first kappa shape index (κ1) is 20.3. The number of carbonyl (C=O) groups is 2. The number of anilines is 1. The Morgan fingerprint density at radius 1 is 1.33 bits per heavy atom. The van der Waals surface area contributed by atoms with E-state index in [9.17, 15) is 14.0 Å². The monoisotopic (exact) mass is 426 g/mol. The summed E-state index contributed by atoms with van der Waals surface area (Å²) >= 11 is 1.65. The highest BCUT2D eigenvalue weighted by atomic mass is 32.1. The van der Waals surface area contributed by atoms with Gasteiger partial charge in [0, 0.05) is 36.5 Å². The third-order valence-corrected chi connectivity index (χ3v) is 6.11. The number of nitrogens with one attached hydrogen (secondary N) is 1. The van der Waals surface area contributed by atoms with Crippen molar-refractivity contribution in [2.45, 2.75) is 26.8 Å². The van der Waals surface area contributed by atoms with Gasteiger partial charge in [0.2, 0.25) is 11.8 Å². The van der Waals surface area contributed by atoms with Crippen LogP contribution in [-0.2, 0) is 16.1 Å². The molecule has 0 radical (unpaired) electrons. The summed E-state index contributed by atoms with van der Waals surface area (Å²) in [7, 11) is 0. The highest BCUT2D eigenvalue weighted by Crippen LogP contribution is 2.29. The number of aryl methyl sites for hydroxylation is 1. The molecule has 1 fully saturated rings. The van der Waals surface area contributed by atoms with Crippen molar-refractivity contribution in [1.82, 2.24) is 15.1 Å². The van der Waals surface area contributed by atoms with Gasteiger partial charge in [0.05, 0.1) is 18.2 Å². The zero-order valence-electron chi connectivity index (χ0n) is 16.9. The van der Waals surface area contributed by atoms with E-state index in [1.54, 1.807) is 23.5 Å². The summed E-state index contributed by atoms with van der Waals surface area (Å²) in [5.74, 6) is -1.18. The molecule has 0 aliphatic carbocycles. The van der Waals surface area contributed by atoms with Crippen molar-refractivity contribution in [3.8, 4) is 11.1 Å². The molecule has 1 aliphatic heterocycles. The molecule has 1 aliphatic rings. The number of amides is 2. The van der Waals surface area contributed by atoms with Gasteiger partial charge < -0.3 is 10.2 Å². The number of rotatable bonds is 6. The van der Waals surface area contributed by atoms with Gasteiger partial charge in [-0.2, -0.15) is 16.4 Å². The minimum atomic E-state index is -0.442. The summed E-state index contributed by atoms with van der Waals surface area (Å²) in [6, 6.07) is 7.96. The van der Waals surface area contributed by atoms with E-state index in [0.717, 1.165) is 22.5 Å². The van der Waals surface area contributed by atoms with Crippen LogP contribution >= 0.6 is 11.3 Å². The molecule has 1 saturated heterocycles. The zero-order valence-corrected chi connectivity index (χ0v) is 17.7. The molecule has 3 aromatic rings. The van der Waals surface area contributed by atoms with E-state index >= 15 is 0 Å². The maximum atomic E-state index is 13.5. The van der Waals surface area contributed by atoms with E-state index in [-0.39, 0.29) is 24.8 Å². The molecule has 8 heteroatoms. The molecule has 0 bridgehead atoms. The maximum Gasteiger partial charge on any atom is 0.227 e. The van der Waals surface area contributed by atoms with Crippen LogP contribution in [0.25, 0.3) is 11.1 Å². The van der Waals surface area contributed by atoms with E-state index in [0.29, 0.717) is 18.8 Å². The molecule has 0 unspecified atom stereocenters. The Labute approximate surface area is 178 Å². The molecule has 0 saturated carbocycles. The number of benzene rings is 1. The third kappa shape index (κ3) is 4.00. The summed E-state index contributed by atoms with van der Waals surface area (Å²) in [5, 5.41) is 11.7. The van der Waals surface area contributed by atoms with Crippen LogP contribution in [0.15, 0.2) is 41.1 Å².